The van der Waals surface area contributed by atoms with E-state index in [1.54, 1.807) is 13.8 Å². The first-order valence-electron chi connectivity index (χ1n) is 8.48. The molecule has 0 radical (unpaired) electrons. The van der Waals surface area contributed by atoms with Crippen LogP contribution in [0.3, 0.4) is 0 Å². The molecule has 136 valence electrons. The molecule has 0 fully saturated rings. The van der Waals surface area contributed by atoms with E-state index in [1.165, 1.54) is 27.5 Å². The molecule has 0 spiro atoms. The van der Waals surface area contributed by atoms with Crippen molar-refractivity contribution in [2.24, 2.45) is 0 Å². The van der Waals surface area contributed by atoms with E-state index in [4.69, 9.17) is 0 Å². The largest absolute Gasteiger partial charge is 0.354 e. The minimum Gasteiger partial charge on any atom is -0.354 e. The summed E-state index contributed by atoms with van der Waals surface area (Å²) in [7, 11) is 0. The van der Waals surface area contributed by atoms with Crippen LogP contribution in [0.2, 0.25) is 0 Å². The number of nitrogens with zero attached hydrogens (tertiary/aromatic N) is 3. The lowest BCUT2D eigenvalue weighted by Crippen LogP contribution is -2.38. The Morgan fingerprint density at radius 1 is 1.31 bits per heavy atom. The molecule has 1 amide bonds. The van der Waals surface area contributed by atoms with E-state index in [9.17, 15) is 9.59 Å². The summed E-state index contributed by atoms with van der Waals surface area (Å²) in [6.45, 7) is 4.14. The summed E-state index contributed by atoms with van der Waals surface area (Å²) in [5.41, 5.74) is 1.68. The summed E-state index contributed by atoms with van der Waals surface area (Å²) in [6.07, 6.45) is 1.80. The van der Waals surface area contributed by atoms with Crippen LogP contribution in [0.1, 0.15) is 24.6 Å². The van der Waals surface area contributed by atoms with Crippen LogP contribution in [0.5, 0.6) is 0 Å². The first-order chi connectivity index (χ1) is 12.5. The number of fused-ring (bicyclic) bond motifs is 1. The van der Waals surface area contributed by atoms with Crippen molar-refractivity contribution in [1.29, 1.82) is 0 Å². The minimum absolute atomic E-state index is 0.103. The molecule has 0 aliphatic carbocycles. The molecule has 0 saturated carbocycles. The number of amides is 1. The van der Waals surface area contributed by atoms with Crippen molar-refractivity contribution in [3.63, 3.8) is 0 Å². The molecule has 26 heavy (non-hydrogen) atoms. The Balaban J connectivity index is 1.51. The predicted octanol–water partition coefficient (Wildman–Crippen LogP) is 2.01. The quantitative estimate of drug-likeness (QED) is 0.620. The van der Waals surface area contributed by atoms with E-state index in [0.717, 1.165) is 12.8 Å². The van der Waals surface area contributed by atoms with Crippen molar-refractivity contribution in [1.82, 2.24) is 19.9 Å². The van der Waals surface area contributed by atoms with E-state index >= 15 is 0 Å². The number of aryl methyl sites for hydroxylation is 2. The molecular formula is C18H21N5O2S. The first-order valence-corrected chi connectivity index (χ1v) is 9.30. The van der Waals surface area contributed by atoms with Crippen LogP contribution in [0.15, 0.2) is 41.2 Å². The SMILES string of the molecule is Cc1cc(=O)n2nc(N[C@@H](C)C(=O)NCCCc3ccccc3)sc2n1. The lowest BCUT2D eigenvalue weighted by molar-refractivity contribution is -0.121. The Kier molecular flexibility index (Phi) is 5.62. The van der Waals surface area contributed by atoms with Gasteiger partial charge in [0.25, 0.3) is 5.56 Å². The molecule has 0 aliphatic heterocycles. The number of hydrogen-bond donors (Lipinski definition) is 2. The van der Waals surface area contributed by atoms with Crippen LogP contribution >= 0.6 is 11.3 Å². The summed E-state index contributed by atoms with van der Waals surface area (Å²) in [5, 5.41) is 10.6. The molecule has 3 rings (SSSR count). The van der Waals surface area contributed by atoms with E-state index in [0.29, 0.717) is 22.3 Å². The van der Waals surface area contributed by atoms with Gasteiger partial charge in [-0.15, -0.1) is 5.10 Å². The van der Waals surface area contributed by atoms with Gasteiger partial charge in [-0.3, -0.25) is 9.59 Å². The monoisotopic (exact) mass is 371 g/mol. The number of hydrogen-bond acceptors (Lipinski definition) is 6. The maximum atomic E-state index is 12.2. The minimum atomic E-state index is -0.455. The predicted molar refractivity (Wildman–Crippen MR) is 103 cm³/mol. The normalized spacial score (nSPS) is 12.1. The van der Waals surface area contributed by atoms with E-state index in [1.807, 2.05) is 18.2 Å². The fraction of sp³-hybridized carbons (Fsp3) is 0.333. The van der Waals surface area contributed by atoms with Crippen molar-refractivity contribution in [2.45, 2.75) is 32.7 Å². The van der Waals surface area contributed by atoms with Gasteiger partial charge in [0.05, 0.1) is 0 Å². The molecule has 3 aromatic rings. The van der Waals surface area contributed by atoms with Gasteiger partial charge in [-0.05, 0) is 32.3 Å². The zero-order valence-corrected chi connectivity index (χ0v) is 15.5. The fourth-order valence-electron chi connectivity index (χ4n) is 2.53. The molecule has 2 N–H and O–H groups in total. The Hall–Kier alpha value is -2.74. The molecule has 1 atom stereocenters. The van der Waals surface area contributed by atoms with Gasteiger partial charge in [0, 0.05) is 18.3 Å². The molecule has 7 nitrogen and oxygen atoms in total. The highest BCUT2D eigenvalue weighted by Crippen LogP contribution is 2.17. The standard InChI is InChI=1S/C18H21N5O2S/c1-12-11-15(24)23-18(20-12)26-17(22-23)21-13(2)16(25)19-10-6-9-14-7-4-3-5-8-14/h3-5,7-8,11,13H,6,9-10H2,1-2H3,(H,19,25)(H,21,22)/t13-/m0/s1. The number of carbonyl (C=O) groups is 1. The summed E-state index contributed by atoms with van der Waals surface area (Å²) in [6, 6.07) is 11.2. The van der Waals surface area contributed by atoms with Gasteiger partial charge in [0.1, 0.15) is 6.04 Å². The second kappa shape index (κ2) is 8.09. The zero-order chi connectivity index (χ0) is 18.5. The lowest BCUT2D eigenvalue weighted by atomic mass is 10.1. The van der Waals surface area contributed by atoms with Crippen LogP contribution < -0.4 is 16.2 Å². The molecular weight excluding hydrogens is 350 g/mol. The summed E-state index contributed by atoms with van der Waals surface area (Å²) < 4.78 is 1.24. The first kappa shape index (κ1) is 18.1. The number of benzene rings is 1. The Labute approximate surface area is 155 Å². The van der Waals surface area contributed by atoms with Crippen molar-refractivity contribution >= 4 is 27.3 Å². The zero-order valence-electron chi connectivity index (χ0n) is 14.7. The van der Waals surface area contributed by atoms with Gasteiger partial charge in [-0.2, -0.15) is 4.52 Å². The van der Waals surface area contributed by atoms with Crippen molar-refractivity contribution in [3.8, 4) is 0 Å². The van der Waals surface area contributed by atoms with Crippen LogP contribution in [0.25, 0.3) is 4.96 Å². The second-order valence-electron chi connectivity index (χ2n) is 6.08. The maximum absolute atomic E-state index is 12.2. The Morgan fingerprint density at radius 3 is 2.85 bits per heavy atom. The van der Waals surface area contributed by atoms with Gasteiger partial charge in [0.15, 0.2) is 0 Å². The molecule has 0 saturated heterocycles. The third kappa shape index (κ3) is 4.45. The smallest absolute Gasteiger partial charge is 0.275 e. The van der Waals surface area contributed by atoms with Crippen molar-refractivity contribution < 1.29 is 4.79 Å². The van der Waals surface area contributed by atoms with Gasteiger partial charge in [-0.1, -0.05) is 41.7 Å². The summed E-state index contributed by atoms with van der Waals surface area (Å²) in [4.78, 5) is 28.9. The highest BCUT2D eigenvalue weighted by Gasteiger charge is 2.15. The van der Waals surface area contributed by atoms with Crippen LogP contribution in [-0.4, -0.2) is 33.1 Å². The van der Waals surface area contributed by atoms with Crippen LogP contribution in [0, 0.1) is 6.92 Å². The van der Waals surface area contributed by atoms with Crippen LogP contribution in [0.4, 0.5) is 5.13 Å². The van der Waals surface area contributed by atoms with Gasteiger partial charge >= 0.3 is 0 Å². The highest BCUT2D eigenvalue weighted by molar-refractivity contribution is 7.20. The van der Waals surface area contributed by atoms with Crippen LogP contribution in [-0.2, 0) is 11.2 Å². The molecule has 8 heteroatoms. The van der Waals surface area contributed by atoms with E-state index < -0.39 is 6.04 Å². The summed E-state index contributed by atoms with van der Waals surface area (Å²) in [5.74, 6) is -0.103. The number of anilines is 1. The maximum Gasteiger partial charge on any atom is 0.275 e. The van der Waals surface area contributed by atoms with E-state index in [2.05, 4.69) is 32.8 Å². The number of rotatable bonds is 7. The highest BCUT2D eigenvalue weighted by atomic mass is 32.1. The fourth-order valence-corrected chi connectivity index (χ4v) is 3.47. The Bertz CT molecular complexity index is 951. The summed E-state index contributed by atoms with van der Waals surface area (Å²) >= 11 is 1.25. The third-order valence-corrected chi connectivity index (χ3v) is 4.73. The number of nitrogens with one attached hydrogen (secondary N) is 2. The van der Waals surface area contributed by atoms with Gasteiger partial charge in [0.2, 0.25) is 16.0 Å². The topological polar surface area (TPSA) is 88.4 Å². The molecule has 0 unspecified atom stereocenters. The molecule has 2 aromatic heterocycles. The average Bonchev–Trinajstić information content (AvgIpc) is 3.02. The Morgan fingerprint density at radius 2 is 2.08 bits per heavy atom. The van der Waals surface area contributed by atoms with Gasteiger partial charge < -0.3 is 10.6 Å². The molecule has 2 heterocycles. The lowest BCUT2D eigenvalue weighted by Gasteiger charge is -2.12. The van der Waals surface area contributed by atoms with Crippen molar-refractivity contribution in [3.05, 3.63) is 58.0 Å². The average molecular weight is 371 g/mol. The number of carbonyl (C=O) groups excluding carboxylic acids is 1. The second-order valence-corrected chi connectivity index (χ2v) is 7.04. The molecule has 0 bridgehead atoms. The van der Waals surface area contributed by atoms with E-state index in [-0.39, 0.29) is 11.5 Å². The number of aromatic nitrogens is 3. The molecule has 0 aliphatic rings. The van der Waals surface area contributed by atoms with Crippen molar-refractivity contribution in [2.75, 3.05) is 11.9 Å². The third-order valence-electron chi connectivity index (χ3n) is 3.89. The molecule has 1 aromatic carbocycles. The van der Waals surface area contributed by atoms with Gasteiger partial charge in [-0.25, -0.2) is 4.98 Å².